The van der Waals surface area contributed by atoms with Crippen LogP contribution in [0, 0.1) is 5.82 Å². The van der Waals surface area contributed by atoms with E-state index in [-0.39, 0.29) is 23.8 Å². The van der Waals surface area contributed by atoms with Gasteiger partial charge in [-0.3, -0.25) is 4.79 Å². The highest BCUT2D eigenvalue weighted by Crippen LogP contribution is 2.24. The van der Waals surface area contributed by atoms with Gasteiger partial charge in [0, 0.05) is 10.4 Å². The first-order chi connectivity index (χ1) is 13.5. The second kappa shape index (κ2) is 7.20. The number of hydrogen-bond donors (Lipinski definition) is 0. The number of hydrogen-bond acceptors (Lipinski definition) is 3. The predicted octanol–water partition coefficient (Wildman–Crippen LogP) is 4.55. The summed E-state index contributed by atoms with van der Waals surface area (Å²) < 4.78 is 16.3. The molecule has 0 saturated carbocycles. The molecule has 0 aliphatic heterocycles. The first-order valence-electron chi connectivity index (χ1n) is 8.94. The summed E-state index contributed by atoms with van der Waals surface area (Å²) in [5.74, 6) is -0.257. The molecular formula is C21H18ClFN4O. The smallest absolute Gasteiger partial charge is 0.265 e. The van der Waals surface area contributed by atoms with Crippen molar-refractivity contribution in [2.75, 3.05) is 0 Å². The Kier molecular flexibility index (Phi) is 4.73. The zero-order chi connectivity index (χ0) is 19.8. The van der Waals surface area contributed by atoms with E-state index in [9.17, 15) is 9.18 Å². The van der Waals surface area contributed by atoms with Gasteiger partial charge in [0.05, 0.1) is 24.1 Å². The number of fused-ring (bicyclic) bond motifs is 1. The third-order valence-corrected chi connectivity index (χ3v) is 4.98. The Morgan fingerprint density at radius 1 is 1.11 bits per heavy atom. The molecule has 0 amide bonds. The highest BCUT2D eigenvalue weighted by Gasteiger charge is 2.19. The second-order valence-electron chi connectivity index (χ2n) is 6.89. The van der Waals surface area contributed by atoms with E-state index in [0.717, 1.165) is 11.3 Å². The SMILES string of the molecule is CC(C)c1nn(Cc2ccccc2Cl)c(=O)c2c1cnn2-c1ccc(F)cc1. The van der Waals surface area contributed by atoms with Gasteiger partial charge in [0.15, 0.2) is 0 Å². The van der Waals surface area contributed by atoms with Crippen molar-refractivity contribution < 1.29 is 4.39 Å². The van der Waals surface area contributed by atoms with Crippen molar-refractivity contribution in [1.82, 2.24) is 19.6 Å². The van der Waals surface area contributed by atoms with E-state index >= 15 is 0 Å². The van der Waals surface area contributed by atoms with Gasteiger partial charge in [0.25, 0.3) is 5.56 Å². The first kappa shape index (κ1) is 18.4. The third kappa shape index (κ3) is 3.20. The lowest BCUT2D eigenvalue weighted by atomic mass is 10.1. The summed E-state index contributed by atoms with van der Waals surface area (Å²) in [5, 5.41) is 10.2. The molecule has 2 heterocycles. The van der Waals surface area contributed by atoms with Crippen LogP contribution in [0.2, 0.25) is 5.02 Å². The Bertz CT molecular complexity index is 1210. The van der Waals surface area contributed by atoms with Crippen molar-refractivity contribution >= 4 is 22.5 Å². The van der Waals surface area contributed by atoms with E-state index in [2.05, 4.69) is 10.2 Å². The normalized spacial score (nSPS) is 11.5. The number of benzene rings is 2. The van der Waals surface area contributed by atoms with Crippen LogP contribution in [0.25, 0.3) is 16.6 Å². The van der Waals surface area contributed by atoms with Crippen LogP contribution >= 0.6 is 11.6 Å². The van der Waals surface area contributed by atoms with Crippen molar-refractivity contribution in [3.8, 4) is 5.69 Å². The van der Waals surface area contributed by atoms with E-state index in [4.69, 9.17) is 11.6 Å². The summed E-state index contributed by atoms with van der Waals surface area (Å²) >= 11 is 6.27. The molecule has 0 saturated heterocycles. The molecule has 2 aromatic carbocycles. The van der Waals surface area contributed by atoms with E-state index in [1.165, 1.54) is 21.5 Å². The fourth-order valence-electron chi connectivity index (χ4n) is 3.19. The molecule has 0 spiro atoms. The molecule has 0 N–H and O–H groups in total. The number of aromatic nitrogens is 4. The highest BCUT2D eigenvalue weighted by molar-refractivity contribution is 6.31. The lowest BCUT2D eigenvalue weighted by Gasteiger charge is -2.13. The van der Waals surface area contributed by atoms with Crippen LogP contribution in [0.4, 0.5) is 4.39 Å². The van der Waals surface area contributed by atoms with E-state index in [0.29, 0.717) is 21.6 Å². The quantitative estimate of drug-likeness (QED) is 0.508. The number of halogens is 2. The van der Waals surface area contributed by atoms with Crippen LogP contribution in [-0.4, -0.2) is 19.6 Å². The van der Waals surface area contributed by atoms with Gasteiger partial charge in [0.2, 0.25) is 0 Å². The van der Waals surface area contributed by atoms with Gasteiger partial charge >= 0.3 is 0 Å². The molecule has 0 unspecified atom stereocenters. The van der Waals surface area contributed by atoms with Crippen LogP contribution in [0.5, 0.6) is 0 Å². The fourth-order valence-corrected chi connectivity index (χ4v) is 3.39. The van der Waals surface area contributed by atoms with E-state index in [1.807, 2.05) is 32.0 Å². The maximum absolute atomic E-state index is 13.3. The average Bonchev–Trinajstić information content (AvgIpc) is 3.11. The summed E-state index contributed by atoms with van der Waals surface area (Å²) in [5.41, 5.74) is 2.33. The number of nitrogens with zero attached hydrogens (tertiary/aromatic N) is 4. The Morgan fingerprint density at radius 3 is 2.50 bits per heavy atom. The van der Waals surface area contributed by atoms with E-state index in [1.54, 1.807) is 24.4 Å². The van der Waals surface area contributed by atoms with E-state index < -0.39 is 0 Å². The molecule has 0 radical (unpaired) electrons. The molecule has 0 aliphatic rings. The van der Waals surface area contributed by atoms with Crippen molar-refractivity contribution in [3.05, 3.63) is 87.2 Å². The molecule has 2 aromatic heterocycles. The Hall–Kier alpha value is -2.99. The minimum absolute atomic E-state index is 0.0893. The van der Waals surface area contributed by atoms with Gasteiger partial charge in [0.1, 0.15) is 11.3 Å². The molecule has 4 rings (SSSR count). The largest absolute Gasteiger partial charge is 0.293 e. The molecule has 7 heteroatoms. The zero-order valence-electron chi connectivity index (χ0n) is 15.4. The molecule has 5 nitrogen and oxygen atoms in total. The Labute approximate surface area is 166 Å². The van der Waals surface area contributed by atoms with Crippen molar-refractivity contribution in [1.29, 1.82) is 0 Å². The second-order valence-corrected chi connectivity index (χ2v) is 7.30. The van der Waals surface area contributed by atoms with Gasteiger partial charge in [-0.05, 0) is 41.8 Å². The van der Waals surface area contributed by atoms with Crippen LogP contribution in [0.3, 0.4) is 0 Å². The Balaban J connectivity index is 1.95. The summed E-state index contributed by atoms with van der Waals surface area (Å²) in [6.07, 6.45) is 1.64. The molecular weight excluding hydrogens is 379 g/mol. The monoisotopic (exact) mass is 396 g/mol. The van der Waals surface area contributed by atoms with Crippen LogP contribution in [0.1, 0.15) is 31.0 Å². The van der Waals surface area contributed by atoms with Crippen molar-refractivity contribution in [3.63, 3.8) is 0 Å². The minimum atomic E-state index is -0.346. The zero-order valence-corrected chi connectivity index (χ0v) is 16.2. The Morgan fingerprint density at radius 2 is 1.82 bits per heavy atom. The van der Waals surface area contributed by atoms with Crippen molar-refractivity contribution in [2.24, 2.45) is 0 Å². The maximum atomic E-state index is 13.3. The van der Waals surface area contributed by atoms with Crippen LogP contribution in [-0.2, 0) is 6.54 Å². The lowest BCUT2D eigenvalue weighted by molar-refractivity contribution is 0.612. The summed E-state index contributed by atoms with van der Waals surface area (Å²) in [4.78, 5) is 13.3. The number of rotatable bonds is 4. The minimum Gasteiger partial charge on any atom is -0.265 e. The first-order valence-corrected chi connectivity index (χ1v) is 9.31. The summed E-state index contributed by atoms with van der Waals surface area (Å²) in [6.45, 7) is 4.28. The maximum Gasteiger partial charge on any atom is 0.293 e. The highest BCUT2D eigenvalue weighted by atomic mass is 35.5. The molecule has 28 heavy (non-hydrogen) atoms. The van der Waals surface area contributed by atoms with Gasteiger partial charge in [-0.2, -0.15) is 10.2 Å². The molecule has 0 bridgehead atoms. The predicted molar refractivity (Wildman–Crippen MR) is 108 cm³/mol. The lowest BCUT2D eigenvalue weighted by Crippen LogP contribution is -2.27. The van der Waals surface area contributed by atoms with Gasteiger partial charge in [-0.15, -0.1) is 0 Å². The van der Waals surface area contributed by atoms with Gasteiger partial charge in [-0.1, -0.05) is 43.6 Å². The van der Waals surface area contributed by atoms with Gasteiger partial charge < -0.3 is 0 Å². The molecule has 0 aliphatic carbocycles. The van der Waals surface area contributed by atoms with Crippen LogP contribution < -0.4 is 5.56 Å². The topological polar surface area (TPSA) is 52.7 Å². The third-order valence-electron chi connectivity index (χ3n) is 4.61. The fraction of sp³-hybridized carbons (Fsp3) is 0.190. The molecule has 142 valence electrons. The summed E-state index contributed by atoms with van der Waals surface area (Å²) in [6, 6.07) is 13.2. The molecule has 0 atom stereocenters. The van der Waals surface area contributed by atoms with Crippen LogP contribution in [0.15, 0.2) is 59.5 Å². The summed E-state index contributed by atoms with van der Waals surface area (Å²) in [7, 11) is 0. The standard InChI is InChI=1S/C21H18ClFN4O/c1-13(2)19-17-11-24-27(16-9-7-15(23)8-10-16)20(17)21(28)26(25-19)12-14-5-3-4-6-18(14)22/h3-11,13H,12H2,1-2H3. The van der Waals surface area contributed by atoms with Crippen molar-refractivity contribution in [2.45, 2.75) is 26.3 Å². The molecule has 0 fully saturated rings. The average molecular weight is 397 g/mol. The van der Waals surface area contributed by atoms with Gasteiger partial charge in [-0.25, -0.2) is 13.8 Å². The molecule has 4 aromatic rings.